The largest absolute Gasteiger partial charge is 0.299 e. The van der Waals surface area contributed by atoms with Crippen LogP contribution in [0.4, 0.5) is 0 Å². The number of hydrogen-bond acceptors (Lipinski definition) is 2. The van der Waals surface area contributed by atoms with Crippen molar-refractivity contribution in [2.24, 2.45) is 17.3 Å². The second-order valence-electron chi connectivity index (χ2n) is 5.57. The Hall–Kier alpha value is -1.44. The summed E-state index contributed by atoms with van der Waals surface area (Å²) in [7, 11) is 0. The van der Waals surface area contributed by atoms with Gasteiger partial charge in [-0.2, -0.15) is 0 Å². The zero-order valence-corrected chi connectivity index (χ0v) is 10.9. The molecule has 2 heteroatoms. The Kier molecular flexibility index (Phi) is 3.38. The first-order valence-corrected chi connectivity index (χ1v) is 6.56. The van der Waals surface area contributed by atoms with Gasteiger partial charge in [0, 0.05) is 18.4 Å². The van der Waals surface area contributed by atoms with Gasteiger partial charge < -0.3 is 0 Å². The van der Waals surface area contributed by atoms with Crippen LogP contribution in [0.25, 0.3) is 0 Å². The second kappa shape index (κ2) is 4.68. The first-order chi connectivity index (χ1) is 8.56. The molecule has 0 aliphatic heterocycles. The molecule has 2 fully saturated rings. The molecule has 0 heterocycles. The van der Waals surface area contributed by atoms with Crippen molar-refractivity contribution >= 4 is 11.6 Å². The van der Waals surface area contributed by atoms with Gasteiger partial charge in [0.05, 0.1) is 5.41 Å². The molecule has 2 rings (SSSR count). The van der Waals surface area contributed by atoms with Crippen LogP contribution in [0.15, 0.2) is 37.0 Å². The molecule has 96 valence electrons. The Balaban J connectivity index is 2.54. The van der Waals surface area contributed by atoms with Crippen molar-refractivity contribution in [2.45, 2.75) is 32.6 Å². The zero-order valence-electron chi connectivity index (χ0n) is 10.9. The Morgan fingerprint density at radius 1 is 1.33 bits per heavy atom. The molecular formula is C16H20O2. The molecule has 0 spiro atoms. The lowest BCUT2D eigenvalue weighted by atomic mass is 9.61. The maximum Gasteiger partial charge on any atom is 0.160 e. The Labute approximate surface area is 108 Å². The third-order valence-corrected chi connectivity index (χ3v) is 4.38. The monoisotopic (exact) mass is 244 g/mol. The van der Waals surface area contributed by atoms with E-state index in [0.29, 0.717) is 30.8 Å². The number of ketones is 2. The van der Waals surface area contributed by atoms with E-state index in [-0.39, 0.29) is 17.5 Å². The van der Waals surface area contributed by atoms with Gasteiger partial charge in [-0.1, -0.05) is 31.7 Å². The molecule has 0 N–H and O–H groups in total. The molecule has 2 aliphatic rings. The molecule has 3 atom stereocenters. The number of carbonyl (C=O) groups excluding carboxylic acids is 2. The molecule has 0 bridgehead atoms. The van der Waals surface area contributed by atoms with E-state index in [4.69, 9.17) is 0 Å². The summed E-state index contributed by atoms with van der Waals surface area (Å²) < 4.78 is 0. The van der Waals surface area contributed by atoms with Crippen LogP contribution in [0.3, 0.4) is 0 Å². The summed E-state index contributed by atoms with van der Waals surface area (Å²) in [6.07, 6.45) is 7.74. The van der Waals surface area contributed by atoms with Gasteiger partial charge in [-0.05, 0) is 24.7 Å². The van der Waals surface area contributed by atoms with Crippen LogP contribution in [0.2, 0.25) is 0 Å². The van der Waals surface area contributed by atoms with Gasteiger partial charge in [-0.3, -0.25) is 9.59 Å². The van der Waals surface area contributed by atoms with E-state index in [1.165, 1.54) is 0 Å². The molecular weight excluding hydrogens is 224 g/mol. The number of Topliss-reactive ketones (excluding diaryl/α,β-unsaturated/α-hetero) is 2. The number of hydrogen-bond donors (Lipinski definition) is 0. The van der Waals surface area contributed by atoms with Gasteiger partial charge in [0.25, 0.3) is 0 Å². The van der Waals surface area contributed by atoms with E-state index < -0.39 is 5.41 Å². The lowest BCUT2D eigenvalue weighted by Crippen LogP contribution is -2.41. The fraction of sp³-hybridized carbons (Fsp3) is 0.500. The zero-order chi connectivity index (χ0) is 13.3. The number of rotatable bonds is 3. The van der Waals surface area contributed by atoms with Gasteiger partial charge in [-0.15, -0.1) is 6.58 Å². The van der Waals surface area contributed by atoms with Crippen molar-refractivity contribution in [3.63, 3.8) is 0 Å². The molecule has 1 unspecified atom stereocenters. The van der Waals surface area contributed by atoms with Crippen LogP contribution in [0.1, 0.15) is 32.6 Å². The van der Waals surface area contributed by atoms with Crippen LogP contribution in [0.5, 0.6) is 0 Å². The van der Waals surface area contributed by atoms with E-state index in [9.17, 15) is 9.59 Å². The summed E-state index contributed by atoms with van der Waals surface area (Å²) in [5.74, 6) is 0.871. The predicted octanol–water partition coefficient (Wildman–Crippen LogP) is 3.25. The van der Waals surface area contributed by atoms with Crippen LogP contribution in [-0.4, -0.2) is 11.6 Å². The highest BCUT2D eigenvalue weighted by Gasteiger charge is 2.56. The standard InChI is InChI=1S/C16H20O2/c1-4-6-13-14(17)10-12-8-11(3)9-15(18)16(12,13)7-5-2/h4-6,11-12H,1-2,7-10H2,3H3/b13-6+/t11-,12?,16+/m1/s1. The van der Waals surface area contributed by atoms with Crippen LogP contribution in [-0.2, 0) is 9.59 Å². The van der Waals surface area contributed by atoms with Gasteiger partial charge in [-0.25, -0.2) is 0 Å². The third-order valence-electron chi connectivity index (χ3n) is 4.38. The quantitative estimate of drug-likeness (QED) is 0.564. The highest BCUT2D eigenvalue weighted by atomic mass is 16.1. The molecule has 0 aromatic heterocycles. The summed E-state index contributed by atoms with van der Waals surface area (Å²) in [5, 5.41) is 0. The number of fused-ring (bicyclic) bond motifs is 1. The first kappa shape index (κ1) is 13.0. The lowest BCUT2D eigenvalue weighted by molar-refractivity contribution is -0.132. The predicted molar refractivity (Wildman–Crippen MR) is 72.0 cm³/mol. The van der Waals surface area contributed by atoms with Crippen LogP contribution < -0.4 is 0 Å². The Morgan fingerprint density at radius 3 is 2.67 bits per heavy atom. The van der Waals surface area contributed by atoms with Gasteiger partial charge in [0.15, 0.2) is 5.78 Å². The van der Waals surface area contributed by atoms with E-state index in [1.54, 1.807) is 18.2 Å². The van der Waals surface area contributed by atoms with Gasteiger partial charge in [0.2, 0.25) is 0 Å². The average molecular weight is 244 g/mol. The van der Waals surface area contributed by atoms with Crippen molar-refractivity contribution in [1.82, 2.24) is 0 Å². The minimum Gasteiger partial charge on any atom is -0.299 e. The molecule has 0 aromatic carbocycles. The summed E-state index contributed by atoms with van der Waals surface area (Å²) >= 11 is 0. The molecule has 2 nitrogen and oxygen atoms in total. The molecule has 0 amide bonds. The first-order valence-electron chi connectivity index (χ1n) is 6.56. The van der Waals surface area contributed by atoms with Gasteiger partial charge in [0.1, 0.15) is 5.78 Å². The number of carbonyl (C=O) groups is 2. The number of allylic oxidation sites excluding steroid dienone is 4. The van der Waals surface area contributed by atoms with Crippen molar-refractivity contribution in [3.05, 3.63) is 37.0 Å². The molecule has 0 radical (unpaired) electrons. The summed E-state index contributed by atoms with van der Waals surface area (Å²) in [6.45, 7) is 9.52. The Morgan fingerprint density at radius 2 is 2.06 bits per heavy atom. The SMILES string of the molecule is C=C/C=C1\C(=O)CC2C[C@@H](C)CC(=O)[C@]12CC=C. The molecule has 2 saturated carbocycles. The van der Waals surface area contributed by atoms with E-state index in [0.717, 1.165) is 6.42 Å². The fourth-order valence-electron chi connectivity index (χ4n) is 3.68. The van der Waals surface area contributed by atoms with Crippen molar-refractivity contribution in [1.29, 1.82) is 0 Å². The van der Waals surface area contributed by atoms with E-state index in [1.807, 2.05) is 0 Å². The van der Waals surface area contributed by atoms with Crippen LogP contribution in [0, 0.1) is 17.3 Å². The Bertz CT molecular complexity index is 444. The fourth-order valence-corrected chi connectivity index (χ4v) is 3.68. The van der Waals surface area contributed by atoms with Crippen molar-refractivity contribution in [3.8, 4) is 0 Å². The normalized spacial score (nSPS) is 37.7. The highest BCUT2D eigenvalue weighted by Crippen LogP contribution is 2.55. The third kappa shape index (κ3) is 1.71. The minimum absolute atomic E-state index is 0.115. The average Bonchev–Trinajstić information content (AvgIpc) is 2.55. The summed E-state index contributed by atoms with van der Waals surface area (Å²) in [5.41, 5.74) is 0.0683. The smallest absolute Gasteiger partial charge is 0.160 e. The minimum atomic E-state index is -0.598. The van der Waals surface area contributed by atoms with Crippen molar-refractivity contribution < 1.29 is 9.59 Å². The second-order valence-corrected chi connectivity index (χ2v) is 5.57. The van der Waals surface area contributed by atoms with Crippen molar-refractivity contribution in [2.75, 3.05) is 0 Å². The maximum atomic E-state index is 12.6. The van der Waals surface area contributed by atoms with E-state index >= 15 is 0 Å². The summed E-state index contributed by atoms with van der Waals surface area (Å²) in [4.78, 5) is 24.7. The van der Waals surface area contributed by atoms with E-state index in [2.05, 4.69) is 20.1 Å². The molecule has 0 saturated heterocycles. The van der Waals surface area contributed by atoms with Gasteiger partial charge >= 0.3 is 0 Å². The maximum absolute atomic E-state index is 12.6. The topological polar surface area (TPSA) is 34.1 Å². The molecule has 18 heavy (non-hydrogen) atoms. The lowest BCUT2D eigenvalue weighted by Gasteiger charge is -2.40. The highest BCUT2D eigenvalue weighted by molar-refractivity contribution is 6.08. The summed E-state index contributed by atoms with van der Waals surface area (Å²) in [6, 6.07) is 0. The molecule has 2 aliphatic carbocycles. The molecule has 0 aromatic rings. The van der Waals surface area contributed by atoms with Crippen LogP contribution >= 0.6 is 0 Å².